The predicted octanol–water partition coefficient (Wildman–Crippen LogP) is 4.38. The van der Waals surface area contributed by atoms with Crippen molar-refractivity contribution in [2.24, 2.45) is 0 Å². The number of ketones is 1. The number of phenolic OH excluding ortho intramolecular Hbond substituents is 2. The van der Waals surface area contributed by atoms with E-state index in [0.717, 1.165) is 4.90 Å². The summed E-state index contributed by atoms with van der Waals surface area (Å²) in [7, 11) is 0. The van der Waals surface area contributed by atoms with E-state index < -0.39 is 17.7 Å². The number of halogens is 1. The molecule has 0 bridgehead atoms. The minimum Gasteiger partial charge on any atom is -0.508 e. The van der Waals surface area contributed by atoms with Crippen LogP contribution in [0, 0.1) is 0 Å². The highest BCUT2D eigenvalue weighted by Crippen LogP contribution is 2.44. The van der Waals surface area contributed by atoms with Gasteiger partial charge in [-0.2, -0.15) is 0 Å². The Morgan fingerprint density at radius 3 is 2.13 bits per heavy atom. The van der Waals surface area contributed by atoms with Gasteiger partial charge < -0.3 is 15.3 Å². The number of nitrogens with zero attached hydrogens (tertiary/aromatic N) is 1. The van der Waals surface area contributed by atoms with Gasteiger partial charge in [-0.15, -0.1) is 0 Å². The zero-order valence-electron chi connectivity index (χ0n) is 15.5. The van der Waals surface area contributed by atoms with Crippen molar-refractivity contribution in [3.63, 3.8) is 0 Å². The molecule has 30 heavy (non-hydrogen) atoms. The molecule has 6 nitrogen and oxygen atoms in total. The van der Waals surface area contributed by atoms with E-state index in [-0.39, 0.29) is 28.5 Å². The molecule has 1 atom stereocenters. The summed E-state index contributed by atoms with van der Waals surface area (Å²) >= 11 is 5.91. The van der Waals surface area contributed by atoms with Gasteiger partial charge in [0.1, 0.15) is 17.3 Å². The summed E-state index contributed by atoms with van der Waals surface area (Å²) in [6.07, 6.45) is 0. The van der Waals surface area contributed by atoms with Crippen molar-refractivity contribution in [1.29, 1.82) is 0 Å². The summed E-state index contributed by atoms with van der Waals surface area (Å²) in [5.41, 5.74) is 0.799. The first-order valence-electron chi connectivity index (χ1n) is 9.02. The third-order valence-corrected chi connectivity index (χ3v) is 5.16. The second-order valence-corrected chi connectivity index (χ2v) is 7.19. The van der Waals surface area contributed by atoms with Crippen LogP contribution in [0.2, 0.25) is 5.02 Å². The van der Waals surface area contributed by atoms with E-state index in [2.05, 4.69) is 0 Å². The summed E-state index contributed by atoms with van der Waals surface area (Å²) in [6.45, 7) is 0. The van der Waals surface area contributed by atoms with E-state index in [4.69, 9.17) is 11.6 Å². The van der Waals surface area contributed by atoms with Gasteiger partial charge in [0.25, 0.3) is 11.7 Å². The van der Waals surface area contributed by atoms with E-state index in [1.807, 2.05) is 0 Å². The molecule has 1 amide bonds. The standard InChI is InChI=1S/C23H16ClNO5/c24-15-9-5-14(6-10-15)21(28)19-20(13-7-11-16(26)12-8-13)25(23(30)22(19)29)17-3-1-2-4-18(17)27/h1-12,20,26-28H/b21-19+. The molecule has 0 spiro atoms. The lowest BCUT2D eigenvalue weighted by Crippen LogP contribution is -2.29. The number of hydrogen-bond donors (Lipinski definition) is 3. The van der Waals surface area contributed by atoms with Gasteiger partial charge in [0.2, 0.25) is 0 Å². The van der Waals surface area contributed by atoms with Crippen molar-refractivity contribution < 1.29 is 24.9 Å². The van der Waals surface area contributed by atoms with Gasteiger partial charge in [-0.3, -0.25) is 14.5 Å². The molecule has 1 aliphatic rings. The first-order chi connectivity index (χ1) is 14.4. The van der Waals surface area contributed by atoms with Crippen LogP contribution in [-0.4, -0.2) is 27.0 Å². The van der Waals surface area contributed by atoms with Crippen LogP contribution in [0.1, 0.15) is 17.2 Å². The highest BCUT2D eigenvalue weighted by atomic mass is 35.5. The molecule has 7 heteroatoms. The smallest absolute Gasteiger partial charge is 0.300 e. The summed E-state index contributed by atoms with van der Waals surface area (Å²) in [4.78, 5) is 27.1. The number of amides is 1. The molecule has 3 N–H and O–H groups in total. The molecule has 4 rings (SSSR count). The van der Waals surface area contributed by atoms with Crippen LogP contribution in [0.3, 0.4) is 0 Å². The number of aliphatic hydroxyl groups excluding tert-OH is 1. The Kier molecular flexibility index (Phi) is 4.93. The van der Waals surface area contributed by atoms with E-state index in [9.17, 15) is 24.9 Å². The summed E-state index contributed by atoms with van der Waals surface area (Å²) in [5.74, 6) is -2.31. The molecule has 1 unspecified atom stereocenters. The first-order valence-corrected chi connectivity index (χ1v) is 9.40. The lowest BCUT2D eigenvalue weighted by Gasteiger charge is -2.26. The molecule has 3 aromatic rings. The Balaban J connectivity index is 1.96. The number of carbonyl (C=O) groups is 2. The van der Waals surface area contributed by atoms with Crippen molar-refractivity contribution in [2.75, 3.05) is 4.90 Å². The minimum absolute atomic E-state index is 0.0101. The predicted molar refractivity (Wildman–Crippen MR) is 112 cm³/mol. The fourth-order valence-electron chi connectivity index (χ4n) is 3.48. The summed E-state index contributed by atoms with van der Waals surface area (Å²) < 4.78 is 0. The second kappa shape index (κ2) is 7.57. The maximum Gasteiger partial charge on any atom is 0.300 e. The van der Waals surface area contributed by atoms with Crippen molar-refractivity contribution in [3.05, 3.63) is 94.5 Å². The molecule has 0 aromatic heterocycles. The molecule has 1 heterocycles. The Morgan fingerprint density at radius 1 is 0.867 bits per heavy atom. The third kappa shape index (κ3) is 3.27. The summed E-state index contributed by atoms with van der Waals surface area (Å²) in [5, 5.41) is 31.4. The molecule has 0 saturated carbocycles. The molecule has 3 aromatic carbocycles. The Morgan fingerprint density at radius 2 is 1.50 bits per heavy atom. The van der Waals surface area contributed by atoms with Crippen LogP contribution < -0.4 is 4.90 Å². The van der Waals surface area contributed by atoms with E-state index in [1.54, 1.807) is 48.5 Å². The second-order valence-electron chi connectivity index (χ2n) is 6.76. The maximum absolute atomic E-state index is 13.0. The minimum atomic E-state index is -1.01. The SMILES string of the molecule is O=C1C(=O)N(c2ccccc2O)C(c2ccc(O)cc2)/C1=C(\O)c1ccc(Cl)cc1. The number of hydrogen-bond acceptors (Lipinski definition) is 5. The zero-order valence-corrected chi connectivity index (χ0v) is 16.2. The van der Waals surface area contributed by atoms with Crippen LogP contribution >= 0.6 is 11.6 Å². The number of carbonyl (C=O) groups excluding carboxylic acids is 2. The molecular weight excluding hydrogens is 406 g/mol. The van der Waals surface area contributed by atoms with Gasteiger partial charge in [0.05, 0.1) is 17.3 Å². The van der Waals surface area contributed by atoms with E-state index in [1.165, 1.54) is 24.3 Å². The van der Waals surface area contributed by atoms with Gasteiger partial charge in [-0.25, -0.2) is 0 Å². The molecule has 0 radical (unpaired) electrons. The van der Waals surface area contributed by atoms with Crippen molar-refractivity contribution in [3.8, 4) is 11.5 Å². The summed E-state index contributed by atoms with van der Waals surface area (Å²) in [6, 6.07) is 17.3. The van der Waals surface area contributed by atoms with Crippen LogP contribution in [0.4, 0.5) is 5.69 Å². The van der Waals surface area contributed by atoms with Crippen LogP contribution in [0.25, 0.3) is 5.76 Å². The van der Waals surface area contributed by atoms with Crippen LogP contribution in [-0.2, 0) is 9.59 Å². The molecule has 150 valence electrons. The molecule has 1 saturated heterocycles. The third-order valence-electron chi connectivity index (χ3n) is 4.91. The normalized spacial score (nSPS) is 18.0. The topological polar surface area (TPSA) is 98.1 Å². The van der Waals surface area contributed by atoms with Gasteiger partial charge in [-0.1, -0.05) is 35.9 Å². The Labute approximate surface area is 176 Å². The lowest BCUT2D eigenvalue weighted by molar-refractivity contribution is -0.132. The number of Topliss-reactive ketones (excluding diaryl/α,β-unsaturated/α-hetero) is 1. The van der Waals surface area contributed by atoms with Crippen LogP contribution in [0.5, 0.6) is 11.5 Å². The molecule has 1 aliphatic heterocycles. The molecular formula is C23H16ClNO5. The number of anilines is 1. The highest BCUT2D eigenvalue weighted by molar-refractivity contribution is 6.52. The quantitative estimate of drug-likeness (QED) is 0.331. The average Bonchev–Trinajstić information content (AvgIpc) is 3.00. The maximum atomic E-state index is 13.0. The van der Waals surface area contributed by atoms with E-state index in [0.29, 0.717) is 16.1 Å². The highest BCUT2D eigenvalue weighted by Gasteiger charge is 2.47. The molecule has 0 aliphatic carbocycles. The largest absolute Gasteiger partial charge is 0.508 e. The van der Waals surface area contributed by atoms with Gasteiger partial charge in [0.15, 0.2) is 0 Å². The van der Waals surface area contributed by atoms with Gasteiger partial charge >= 0.3 is 0 Å². The zero-order chi connectivity index (χ0) is 21.4. The first kappa shape index (κ1) is 19.5. The Hall–Kier alpha value is -3.77. The monoisotopic (exact) mass is 421 g/mol. The number of rotatable bonds is 3. The Bertz CT molecular complexity index is 1170. The average molecular weight is 422 g/mol. The number of para-hydroxylation sites is 2. The van der Waals surface area contributed by atoms with Crippen molar-refractivity contribution in [1.82, 2.24) is 0 Å². The van der Waals surface area contributed by atoms with Gasteiger partial charge in [-0.05, 0) is 54.1 Å². The lowest BCUT2D eigenvalue weighted by atomic mass is 9.95. The van der Waals surface area contributed by atoms with E-state index >= 15 is 0 Å². The fourth-order valence-corrected chi connectivity index (χ4v) is 3.61. The molecule has 1 fully saturated rings. The number of aromatic hydroxyl groups is 2. The van der Waals surface area contributed by atoms with Crippen molar-refractivity contribution in [2.45, 2.75) is 6.04 Å². The number of phenols is 2. The fraction of sp³-hybridized carbons (Fsp3) is 0.0435. The number of aliphatic hydroxyl groups is 1. The van der Waals surface area contributed by atoms with Gasteiger partial charge in [0, 0.05) is 10.6 Å². The van der Waals surface area contributed by atoms with Crippen LogP contribution in [0.15, 0.2) is 78.4 Å². The number of benzene rings is 3. The van der Waals surface area contributed by atoms with Crippen molar-refractivity contribution >= 4 is 34.7 Å².